The summed E-state index contributed by atoms with van der Waals surface area (Å²) < 4.78 is 3.18. The van der Waals surface area contributed by atoms with E-state index in [2.05, 4.69) is 26.8 Å². The number of aryl methyl sites for hydroxylation is 2. The van der Waals surface area contributed by atoms with Crippen molar-refractivity contribution in [1.82, 2.24) is 19.2 Å². The van der Waals surface area contributed by atoms with Gasteiger partial charge in [-0.05, 0) is 37.5 Å². The van der Waals surface area contributed by atoms with Crippen LogP contribution in [0.3, 0.4) is 0 Å². The second-order valence-electron chi connectivity index (χ2n) is 7.43. The maximum atomic E-state index is 12.1. The number of pyridine rings is 1. The van der Waals surface area contributed by atoms with E-state index in [4.69, 9.17) is 0 Å². The molecule has 1 fully saturated rings. The van der Waals surface area contributed by atoms with Gasteiger partial charge < -0.3 is 15.2 Å². The second-order valence-corrected chi connectivity index (χ2v) is 7.43. The summed E-state index contributed by atoms with van der Waals surface area (Å²) in [5.41, 5.74) is 4.41. The molecule has 0 saturated heterocycles. The first-order valence-electron chi connectivity index (χ1n) is 9.46. The maximum absolute atomic E-state index is 12.1. The van der Waals surface area contributed by atoms with Gasteiger partial charge in [0.2, 0.25) is 0 Å². The van der Waals surface area contributed by atoms with Crippen molar-refractivity contribution in [2.24, 2.45) is 7.05 Å². The van der Waals surface area contributed by atoms with Crippen LogP contribution < -0.4 is 16.2 Å². The Kier molecular flexibility index (Phi) is 3.77. The minimum Gasteiger partial charge on any atom is -0.379 e. The van der Waals surface area contributed by atoms with Crippen LogP contribution in [0.2, 0.25) is 0 Å². The monoisotopic (exact) mass is 385 g/mol. The van der Waals surface area contributed by atoms with Gasteiger partial charge in [-0.1, -0.05) is 6.07 Å². The van der Waals surface area contributed by atoms with Gasteiger partial charge in [0.1, 0.15) is 6.07 Å². The highest BCUT2D eigenvalue weighted by atomic mass is 16.1. The third-order valence-corrected chi connectivity index (χ3v) is 5.25. The molecule has 2 N–H and O–H groups in total. The zero-order valence-corrected chi connectivity index (χ0v) is 16.1. The van der Waals surface area contributed by atoms with Crippen molar-refractivity contribution < 1.29 is 0 Å². The fourth-order valence-corrected chi connectivity index (χ4v) is 3.51. The smallest absolute Gasteiger partial charge is 0.251 e. The van der Waals surface area contributed by atoms with Crippen molar-refractivity contribution in [3.63, 3.8) is 0 Å². The molecule has 1 aromatic carbocycles. The lowest BCUT2D eigenvalue weighted by molar-refractivity contribution is 0.902. The van der Waals surface area contributed by atoms with Crippen LogP contribution in [0.4, 0.5) is 17.2 Å². The Morgan fingerprint density at radius 3 is 2.83 bits per heavy atom. The Morgan fingerprint density at radius 1 is 1.24 bits per heavy atom. The number of anilines is 3. The van der Waals surface area contributed by atoms with Crippen molar-refractivity contribution >= 4 is 33.7 Å². The Labute approximate surface area is 166 Å². The molecule has 0 radical (unpaired) electrons. The maximum Gasteiger partial charge on any atom is 0.251 e. The van der Waals surface area contributed by atoms with Gasteiger partial charge in [0.25, 0.3) is 5.56 Å². The summed E-state index contributed by atoms with van der Waals surface area (Å²) in [6.45, 7) is 1.94. The van der Waals surface area contributed by atoms with Crippen LogP contribution in [-0.2, 0) is 7.05 Å². The SMILES string of the molecule is Cc1cc(=O)n(C)c2cc(Nc3cc(NC4CC4)c4ncc(C#N)n4n3)ccc12. The summed E-state index contributed by atoms with van der Waals surface area (Å²) in [6, 6.07) is 12.0. The van der Waals surface area contributed by atoms with Crippen LogP contribution in [0.15, 0.2) is 41.3 Å². The minimum atomic E-state index is -0.0420. The molecule has 29 heavy (non-hydrogen) atoms. The zero-order valence-electron chi connectivity index (χ0n) is 16.1. The summed E-state index contributed by atoms with van der Waals surface area (Å²) in [7, 11) is 1.76. The van der Waals surface area contributed by atoms with Gasteiger partial charge in [0.15, 0.2) is 17.2 Å². The fraction of sp³-hybridized carbons (Fsp3) is 0.238. The molecule has 0 unspecified atom stereocenters. The molecule has 8 heteroatoms. The van der Waals surface area contributed by atoms with E-state index < -0.39 is 0 Å². The quantitative estimate of drug-likeness (QED) is 0.560. The number of aromatic nitrogens is 4. The Bertz CT molecular complexity index is 1370. The summed E-state index contributed by atoms with van der Waals surface area (Å²) >= 11 is 0. The van der Waals surface area contributed by atoms with Crippen LogP contribution in [0, 0.1) is 18.3 Å². The van der Waals surface area contributed by atoms with Gasteiger partial charge in [-0.3, -0.25) is 4.79 Å². The average molecular weight is 385 g/mol. The van der Waals surface area contributed by atoms with Gasteiger partial charge in [-0.15, -0.1) is 5.10 Å². The molecule has 1 aliphatic rings. The molecule has 1 aliphatic carbocycles. The molecule has 144 valence electrons. The minimum absolute atomic E-state index is 0.0420. The van der Waals surface area contributed by atoms with E-state index in [1.807, 2.05) is 31.2 Å². The van der Waals surface area contributed by atoms with Gasteiger partial charge in [-0.25, -0.2) is 4.98 Å². The van der Waals surface area contributed by atoms with Crippen LogP contribution in [0.25, 0.3) is 16.6 Å². The summed E-state index contributed by atoms with van der Waals surface area (Å²) in [5.74, 6) is 0.590. The number of imidazole rings is 1. The second kappa shape index (κ2) is 6.34. The number of hydrogen-bond acceptors (Lipinski definition) is 6. The first-order valence-corrected chi connectivity index (χ1v) is 9.46. The number of fused-ring (bicyclic) bond motifs is 2. The van der Waals surface area contributed by atoms with E-state index in [0.29, 0.717) is 23.2 Å². The Balaban J connectivity index is 1.60. The van der Waals surface area contributed by atoms with E-state index in [-0.39, 0.29) is 5.56 Å². The van der Waals surface area contributed by atoms with E-state index in [1.54, 1.807) is 22.2 Å². The molecular formula is C21H19N7O. The summed E-state index contributed by atoms with van der Waals surface area (Å²) in [6.07, 6.45) is 3.78. The largest absolute Gasteiger partial charge is 0.379 e. The number of hydrogen-bond donors (Lipinski definition) is 2. The Hall–Kier alpha value is -3.86. The van der Waals surface area contributed by atoms with Crippen molar-refractivity contribution in [2.45, 2.75) is 25.8 Å². The lowest BCUT2D eigenvalue weighted by atomic mass is 10.1. The molecule has 0 atom stereocenters. The number of nitrogens with one attached hydrogen (secondary N) is 2. The predicted molar refractivity (Wildman–Crippen MR) is 112 cm³/mol. The van der Waals surface area contributed by atoms with Gasteiger partial charge >= 0.3 is 0 Å². The predicted octanol–water partition coefficient (Wildman–Crippen LogP) is 3.08. The standard InChI is InChI=1S/C21H19N7O/c1-12-7-20(29)27(2)18-8-14(5-6-16(12)18)25-19-9-17(24-13-3-4-13)21-23-11-15(10-22)28(21)26-19/h5-9,11,13,24H,3-4H2,1-2H3,(H,25,26). The third kappa shape index (κ3) is 2.97. The highest BCUT2D eigenvalue weighted by Crippen LogP contribution is 2.30. The molecular weight excluding hydrogens is 366 g/mol. The topological polar surface area (TPSA) is 100 Å². The van der Waals surface area contributed by atoms with E-state index in [9.17, 15) is 10.1 Å². The highest BCUT2D eigenvalue weighted by molar-refractivity contribution is 5.86. The zero-order chi connectivity index (χ0) is 20.1. The molecule has 8 nitrogen and oxygen atoms in total. The molecule has 0 bridgehead atoms. The van der Waals surface area contributed by atoms with Crippen LogP contribution >= 0.6 is 0 Å². The Morgan fingerprint density at radius 2 is 2.07 bits per heavy atom. The van der Waals surface area contributed by atoms with Gasteiger partial charge in [0.05, 0.1) is 17.4 Å². The van der Waals surface area contributed by atoms with Crippen LogP contribution in [0.5, 0.6) is 0 Å². The van der Waals surface area contributed by atoms with E-state index in [1.165, 1.54) is 6.20 Å². The molecule has 3 heterocycles. The van der Waals surface area contributed by atoms with Gasteiger partial charge in [-0.2, -0.15) is 9.78 Å². The number of benzene rings is 1. The molecule has 1 saturated carbocycles. The molecule has 0 spiro atoms. The number of nitrogens with zero attached hydrogens (tertiary/aromatic N) is 5. The normalized spacial score (nSPS) is 13.6. The third-order valence-electron chi connectivity index (χ3n) is 5.25. The van der Waals surface area contributed by atoms with Crippen molar-refractivity contribution in [1.29, 1.82) is 5.26 Å². The molecule has 0 amide bonds. The van der Waals surface area contributed by atoms with Crippen molar-refractivity contribution in [3.8, 4) is 6.07 Å². The molecule has 0 aliphatic heterocycles. The summed E-state index contributed by atoms with van der Waals surface area (Å²) in [5, 5.41) is 21.7. The highest BCUT2D eigenvalue weighted by Gasteiger charge is 2.23. The number of nitriles is 1. The molecule has 3 aromatic heterocycles. The van der Waals surface area contributed by atoms with Crippen molar-refractivity contribution in [3.05, 3.63) is 58.1 Å². The van der Waals surface area contributed by atoms with Crippen LogP contribution in [0.1, 0.15) is 24.1 Å². The van der Waals surface area contributed by atoms with E-state index >= 15 is 0 Å². The average Bonchev–Trinajstić information content (AvgIpc) is 3.42. The first-order chi connectivity index (χ1) is 14.0. The van der Waals surface area contributed by atoms with Gasteiger partial charge in [0, 0.05) is 36.3 Å². The van der Waals surface area contributed by atoms with E-state index in [0.717, 1.165) is 40.7 Å². The molecule has 5 rings (SSSR count). The lowest BCUT2D eigenvalue weighted by Gasteiger charge is -2.13. The molecule has 4 aromatic rings. The first kappa shape index (κ1) is 17.3. The summed E-state index contributed by atoms with van der Waals surface area (Å²) in [4.78, 5) is 16.5. The lowest BCUT2D eigenvalue weighted by Crippen LogP contribution is -2.16. The number of rotatable bonds is 4. The van der Waals surface area contributed by atoms with Crippen molar-refractivity contribution in [2.75, 3.05) is 10.6 Å². The van der Waals surface area contributed by atoms with Crippen LogP contribution in [-0.4, -0.2) is 25.2 Å². The fourth-order valence-electron chi connectivity index (χ4n) is 3.51.